The Bertz CT molecular complexity index is 771. The van der Waals surface area contributed by atoms with Gasteiger partial charge in [0.1, 0.15) is 18.5 Å². The Hall–Kier alpha value is -3.10. The number of rotatable bonds is 3. The number of halogens is 1. The quantitative estimate of drug-likeness (QED) is 0.745. The van der Waals surface area contributed by atoms with Crippen molar-refractivity contribution < 1.29 is 4.39 Å². The van der Waals surface area contributed by atoms with E-state index >= 15 is 0 Å². The van der Waals surface area contributed by atoms with Gasteiger partial charge in [-0.1, -0.05) is 6.07 Å². The van der Waals surface area contributed by atoms with Gasteiger partial charge in [0.05, 0.1) is 0 Å². The van der Waals surface area contributed by atoms with Crippen LogP contribution in [0.3, 0.4) is 0 Å². The lowest BCUT2D eigenvalue weighted by Crippen LogP contribution is -2.10. The third kappa shape index (κ3) is 2.76. The zero-order chi connectivity index (χ0) is 14.8. The Labute approximate surface area is 118 Å². The van der Waals surface area contributed by atoms with Crippen LogP contribution in [0, 0.1) is 12.7 Å². The second-order valence-corrected chi connectivity index (χ2v) is 4.24. The lowest BCUT2D eigenvalue weighted by atomic mass is 10.2. The molecule has 2 aromatic heterocycles. The van der Waals surface area contributed by atoms with Gasteiger partial charge in [-0.25, -0.2) is 9.37 Å². The zero-order valence-corrected chi connectivity index (χ0v) is 11.0. The molecule has 8 nitrogen and oxygen atoms in total. The average Bonchev–Trinajstić information content (AvgIpc) is 2.96. The number of hydrogen-bond donors (Lipinski definition) is 2. The summed E-state index contributed by atoms with van der Waals surface area (Å²) in [6, 6.07) is 4.38. The van der Waals surface area contributed by atoms with Gasteiger partial charge in [-0.05, 0) is 24.6 Å². The van der Waals surface area contributed by atoms with Gasteiger partial charge >= 0.3 is 0 Å². The fourth-order valence-corrected chi connectivity index (χ4v) is 1.70. The van der Waals surface area contributed by atoms with Crippen LogP contribution in [-0.4, -0.2) is 29.7 Å². The summed E-state index contributed by atoms with van der Waals surface area (Å²) in [6.07, 6.45) is 2.79. The molecule has 0 fully saturated rings. The predicted molar refractivity (Wildman–Crippen MR) is 73.6 cm³/mol. The van der Waals surface area contributed by atoms with Crippen LogP contribution in [-0.2, 0) is 0 Å². The molecule has 1 aromatic carbocycles. The minimum absolute atomic E-state index is 0.0204. The van der Waals surface area contributed by atoms with Crippen LogP contribution in [0.5, 0.6) is 0 Å². The van der Waals surface area contributed by atoms with Crippen molar-refractivity contribution in [3.8, 4) is 5.95 Å². The summed E-state index contributed by atoms with van der Waals surface area (Å²) in [6.45, 7) is 1.84. The van der Waals surface area contributed by atoms with Crippen molar-refractivity contribution in [1.29, 1.82) is 0 Å². The number of anilines is 3. The second-order valence-electron chi connectivity index (χ2n) is 4.24. The highest BCUT2D eigenvalue weighted by molar-refractivity contribution is 5.58. The van der Waals surface area contributed by atoms with E-state index in [-0.39, 0.29) is 23.7 Å². The highest BCUT2D eigenvalue weighted by Crippen LogP contribution is 2.20. The molecule has 0 saturated carbocycles. The van der Waals surface area contributed by atoms with Crippen molar-refractivity contribution in [1.82, 2.24) is 29.7 Å². The minimum atomic E-state index is -0.360. The van der Waals surface area contributed by atoms with Gasteiger partial charge in [0.15, 0.2) is 0 Å². The lowest BCUT2D eigenvalue weighted by Gasteiger charge is -2.09. The van der Waals surface area contributed by atoms with Crippen LogP contribution < -0.4 is 11.1 Å². The molecule has 0 atom stereocenters. The summed E-state index contributed by atoms with van der Waals surface area (Å²) in [5.74, 6) is 0.0759. The van der Waals surface area contributed by atoms with Gasteiger partial charge in [-0.3, -0.25) is 0 Å². The van der Waals surface area contributed by atoms with Crippen molar-refractivity contribution in [2.24, 2.45) is 0 Å². The van der Waals surface area contributed by atoms with Gasteiger partial charge < -0.3 is 11.1 Å². The largest absolute Gasteiger partial charge is 0.368 e. The van der Waals surface area contributed by atoms with E-state index < -0.39 is 0 Å². The third-order valence-corrected chi connectivity index (χ3v) is 2.71. The monoisotopic (exact) mass is 286 g/mol. The molecule has 0 aliphatic rings. The number of nitrogen functional groups attached to an aromatic ring is 1. The summed E-state index contributed by atoms with van der Waals surface area (Å²) in [5.41, 5.74) is 7.04. The first-order valence-corrected chi connectivity index (χ1v) is 6.01. The van der Waals surface area contributed by atoms with Crippen molar-refractivity contribution in [3.63, 3.8) is 0 Å². The number of aromatic nitrogens is 6. The zero-order valence-electron chi connectivity index (χ0n) is 11.0. The molecule has 2 heterocycles. The Morgan fingerprint density at radius 3 is 2.86 bits per heavy atom. The minimum Gasteiger partial charge on any atom is -0.368 e. The van der Waals surface area contributed by atoms with Crippen LogP contribution in [0.25, 0.3) is 5.95 Å². The average molecular weight is 286 g/mol. The smallest absolute Gasteiger partial charge is 0.258 e. The Morgan fingerprint density at radius 1 is 1.24 bits per heavy atom. The molecule has 0 saturated heterocycles. The first-order valence-electron chi connectivity index (χ1n) is 6.01. The van der Waals surface area contributed by atoms with Crippen LogP contribution >= 0.6 is 0 Å². The van der Waals surface area contributed by atoms with E-state index in [9.17, 15) is 4.39 Å². The number of benzene rings is 1. The third-order valence-electron chi connectivity index (χ3n) is 2.71. The van der Waals surface area contributed by atoms with Gasteiger partial charge in [0.25, 0.3) is 5.95 Å². The fraction of sp³-hybridized carbons (Fsp3) is 0.0833. The lowest BCUT2D eigenvalue weighted by molar-refractivity contribution is 0.628. The molecule has 0 spiro atoms. The molecular formula is C12H11FN8. The number of hydrogen-bond acceptors (Lipinski definition) is 7. The van der Waals surface area contributed by atoms with Gasteiger partial charge in [-0.2, -0.15) is 24.7 Å². The molecule has 0 aliphatic heterocycles. The van der Waals surface area contributed by atoms with Crippen molar-refractivity contribution in [2.45, 2.75) is 6.92 Å². The van der Waals surface area contributed by atoms with Crippen LogP contribution in [0.15, 0.2) is 30.9 Å². The number of nitrogens with zero attached hydrogens (tertiary/aromatic N) is 6. The van der Waals surface area contributed by atoms with Crippen LogP contribution in [0.2, 0.25) is 0 Å². The number of nitrogens with one attached hydrogen (secondary N) is 1. The maximum Gasteiger partial charge on any atom is 0.258 e. The molecular weight excluding hydrogens is 275 g/mol. The summed E-state index contributed by atoms with van der Waals surface area (Å²) in [5, 5.41) is 6.83. The van der Waals surface area contributed by atoms with Gasteiger partial charge in [0, 0.05) is 5.69 Å². The van der Waals surface area contributed by atoms with Crippen molar-refractivity contribution in [3.05, 3.63) is 42.2 Å². The molecule has 0 bridgehead atoms. The van der Waals surface area contributed by atoms with Gasteiger partial charge in [0.2, 0.25) is 11.9 Å². The van der Waals surface area contributed by atoms with Crippen LogP contribution in [0.4, 0.5) is 22.0 Å². The Morgan fingerprint density at radius 2 is 2.10 bits per heavy atom. The maximum absolute atomic E-state index is 13.3. The number of aryl methyl sites for hydroxylation is 1. The highest BCUT2D eigenvalue weighted by atomic mass is 19.1. The first kappa shape index (κ1) is 12.9. The maximum atomic E-state index is 13.3. The number of nitrogens with two attached hydrogens (primary N) is 1. The molecule has 3 rings (SSSR count). The molecule has 0 unspecified atom stereocenters. The molecule has 3 N–H and O–H groups in total. The topological polar surface area (TPSA) is 107 Å². The van der Waals surface area contributed by atoms with Crippen molar-refractivity contribution >= 4 is 17.6 Å². The summed E-state index contributed by atoms with van der Waals surface area (Å²) >= 11 is 0. The van der Waals surface area contributed by atoms with E-state index in [1.165, 1.54) is 29.5 Å². The molecule has 3 aromatic rings. The predicted octanol–water partition coefficient (Wildman–Crippen LogP) is 1.23. The molecule has 9 heteroatoms. The molecule has 21 heavy (non-hydrogen) atoms. The Kier molecular flexibility index (Phi) is 3.14. The van der Waals surface area contributed by atoms with E-state index in [0.29, 0.717) is 5.69 Å². The van der Waals surface area contributed by atoms with Crippen LogP contribution in [0.1, 0.15) is 5.56 Å². The van der Waals surface area contributed by atoms with E-state index in [1.54, 1.807) is 6.07 Å². The standard InChI is InChI=1S/C12H11FN8/c1-7-2-3-8(13)4-9(7)17-11-18-10(14)19-12(20-11)21-6-15-5-16-21/h2-6H,1H3,(H3,14,17,18,19,20). The van der Waals surface area contributed by atoms with E-state index in [4.69, 9.17) is 5.73 Å². The van der Waals surface area contributed by atoms with Gasteiger partial charge in [-0.15, -0.1) is 0 Å². The fourth-order valence-electron chi connectivity index (χ4n) is 1.70. The summed E-state index contributed by atoms with van der Waals surface area (Å²) < 4.78 is 14.6. The SMILES string of the molecule is Cc1ccc(F)cc1Nc1nc(N)nc(-n2cncn2)n1. The molecule has 0 amide bonds. The normalized spacial score (nSPS) is 10.6. The first-order chi connectivity index (χ1) is 10.1. The molecule has 0 radical (unpaired) electrons. The van der Waals surface area contributed by atoms with E-state index in [0.717, 1.165) is 5.56 Å². The van der Waals surface area contributed by atoms with Crippen molar-refractivity contribution in [2.75, 3.05) is 11.1 Å². The summed E-state index contributed by atoms with van der Waals surface area (Å²) in [4.78, 5) is 15.9. The van der Waals surface area contributed by atoms with E-state index in [2.05, 4.69) is 30.4 Å². The Balaban J connectivity index is 1.97. The molecule has 106 valence electrons. The highest BCUT2D eigenvalue weighted by Gasteiger charge is 2.09. The van der Waals surface area contributed by atoms with E-state index in [1.807, 2.05) is 6.92 Å². The molecule has 0 aliphatic carbocycles. The second kappa shape index (κ2) is 5.12. The summed E-state index contributed by atoms with van der Waals surface area (Å²) in [7, 11) is 0.